The number of hydrogen-bond donors (Lipinski definition) is 1. The number of rotatable bonds is 4. The summed E-state index contributed by atoms with van der Waals surface area (Å²) in [5.74, 6) is 0.650. The Labute approximate surface area is 180 Å². The van der Waals surface area contributed by atoms with Crippen LogP contribution in [0.5, 0.6) is 0 Å². The number of carbonyl (C=O) groups excluding carboxylic acids is 1. The fraction of sp³-hybridized carbons (Fsp3) is 0.0769. The summed E-state index contributed by atoms with van der Waals surface area (Å²) >= 11 is 0. The summed E-state index contributed by atoms with van der Waals surface area (Å²) < 4.78 is 3.82. The highest BCUT2D eigenvalue weighted by atomic mass is 16.2. The van der Waals surface area contributed by atoms with Crippen LogP contribution < -0.4 is 5.32 Å². The van der Waals surface area contributed by atoms with Crippen molar-refractivity contribution in [1.29, 1.82) is 0 Å². The molecule has 0 aliphatic carbocycles. The summed E-state index contributed by atoms with van der Waals surface area (Å²) in [6.45, 7) is 4.03. The van der Waals surface area contributed by atoms with E-state index in [0.717, 1.165) is 39.3 Å². The molecule has 5 aromatic rings. The third-order valence-corrected chi connectivity index (χ3v) is 5.65. The second-order valence-electron chi connectivity index (χ2n) is 7.62. The first kappa shape index (κ1) is 18.9. The molecule has 3 aromatic heterocycles. The van der Waals surface area contributed by atoms with Crippen LogP contribution in [-0.2, 0) is 0 Å². The quantitative estimate of drug-likeness (QED) is 0.419. The van der Waals surface area contributed by atoms with E-state index in [1.165, 1.54) is 0 Å². The number of carbonyl (C=O) groups is 1. The minimum atomic E-state index is -0.224. The van der Waals surface area contributed by atoms with Gasteiger partial charge in [-0.15, -0.1) is 0 Å². The van der Waals surface area contributed by atoms with Crippen molar-refractivity contribution >= 4 is 17.1 Å². The summed E-state index contributed by atoms with van der Waals surface area (Å²) in [6.07, 6.45) is 3.91. The first-order valence-corrected chi connectivity index (χ1v) is 10.2. The molecule has 0 bridgehead atoms. The Kier molecular flexibility index (Phi) is 4.64. The third kappa shape index (κ3) is 3.51. The van der Waals surface area contributed by atoms with Crippen LogP contribution in [0.3, 0.4) is 0 Å². The molecule has 0 radical (unpaired) electrons. The molecule has 0 saturated carbocycles. The number of aryl methyl sites for hydroxylation is 1. The Morgan fingerprint density at radius 1 is 0.839 bits per heavy atom. The summed E-state index contributed by atoms with van der Waals surface area (Å²) in [5, 5.41) is 7.51. The molecule has 152 valence electrons. The third-order valence-electron chi connectivity index (χ3n) is 5.65. The van der Waals surface area contributed by atoms with Crippen molar-refractivity contribution in [3.63, 3.8) is 0 Å². The van der Waals surface area contributed by atoms with Crippen LogP contribution in [0.4, 0.5) is 5.69 Å². The molecule has 0 atom stereocenters. The minimum Gasteiger partial charge on any atom is -0.320 e. The van der Waals surface area contributed by atoms with Crippen molar-refractivity contribution in [1.82, 2.24) is 14.2 Å². The van der Waals surface area contributed by atoms with E-state index in [9.17, 15) is 4.79 Å². The molecule has 5 rings (SSSR count). The van der Waals surface area contributed by atoms with E-state index in [1.807, 2.05) is 68.6 Å². The zero-order chi connectivity index (χ0) is 21.4. The lowest BCUT2D eigenvalue weighted by Crippen LogP contribution is -2.14. The monoisotopic (exact) mass is 406 g/mol. The number of hydrogen-bond acceptors (Lipinski definition) is 2. The molecule has 0 aliphatic rings. The minimum absolute atomic E-state index is 0.224. The normalized spacial score (nSPS) is 11.0. The van der Waals surface area contributed by atoms with Gasteiger partial charge in [0.1, 0.15) is 5.82 Å². The molecule has 3 heterocycles. The van der Waals surface area contributed by atoms with Gasteiger partial charge in [-0.3, -0.25) is 4.79 Å². The number of fused-ring (bicyclic) bond motifs is 1. The lowest BCUT2D eigenvalue weighted by molar-refractivity contribution is 0.102. The van der Waals surface area contributed by atoms with Gasteiger partial charge in [0, 0.05) is 23.6 Å². The number of pyridine rings is 1. The van der Waals surface area contributed by atoms with E-state index in [-0.39, 0.29) is 5.91 Å². The zero-order valence-electron chi connectivity index (χ0n) is 17.4. The summed E-state index contributed by atoms with van der Waals surface area (Å²) in [7, 11) is 0. The average molecular weight is 406 g/mol. The van der Waals surface area contributed by atoms with Gasteiger partial charge in [0.25, 0.3) is 5.91 Å². The SMILES string of the molecule is Cc1cccc(NC(=O)c2ccn(-c3ccc4ccc(-c5ccccc5)cn34)n2)c1C. The predicted molar refractivity (Wildman–Crippen MR) is 124 cm³/mol. The number of aromatic nitrogens is 3. The molecule has 0 spiro atoms. The Hall–Kier alpha value is -4.12. The summed E-state index contributed by atoms with van der Waals surface area (Å²) in [4.78, 5) is 12.8. The Bertz CT molecular complexity index is 1400. The Morgan fingerprint density at radius 3 is 2.48 bits per heavy atom. The van der Waals surface area contributed by atoms with E-state index in [0.29, 0.717) is 5.69 Å². The van der Waals surface area contributed by atoms with Gasteiger partial charge in [0.2, 0.25) is 0 Å². The molecular weight excluding hydrogens is 384 g/mol. The largest absolute Gasteiger partial charge is 0.320 e. The van der Waals surface area contributed by atoms with Crippen LogP contribution in [-0.4, -0.2) is 20.1 Å². The number of amides is 1. The van der Waals surface area contributed by atoms with Gasteiger partial charge in [-0.25, -0.2) is 4.68 Å². The van der Waals surface area contributed by atoms with Crippen LogP contribution in [0, 0.1) is 13.8 Å². The van der Waals surface area contributed by atoms with Gasteiger partial charge in [-0.05, 0) is 66.4 Å². The van der Waals surface area contributed by atoms with Crippen molar-refractivity contribution < 1.29 is 4.79 Å². The van der Waals surface area contributed by atoms with Gasteiger partial charge in [-0.2, -0.15) is 5.10 Å². The lowest BCUT2D eigenvalue weighted by atomic mass is 10.1. The van der Waals surface area contributed by atoms with Crippen molar-refractivity contribution in [2.75, 3.05) is 5.32 Å². The highest BCUT2D eigenvalue weighted by Gasteiger charge is 2.14. The molecule has 1 amide bonds. The average Bonchev–Trinajstić information content (AvgIpc) is 3.44. The number of nitrogens with one attached hydrogen (secondary N) is 1. The van der Waals surface area contributed by atoms with Crippen LogP contribution >= 0.6 is 0 Å². The number of benzene rings is 2. The molecular formula is C26H22N4O. The van der Waals surface area contributed by atoms with Gasteiger partial charge in [0.05, 0.1) is 0 Å². The second-order valence-corrected chi connectivity index (χ2v) is 7.62. The lowest BCUT2D eigenvalue weighted by Gasteiger charge is -2.09. The zero-order valence-corrected chi connectivity index (χ0v) is 17.4. The maximum atomic E-state index is 12.8. The maximum Gasteiger partial charge on any atom is 0.276 e. The highest BCUT2D eigenvalue weighted by molar-refractivity contribution is 6.03. The molecule has 31 heavy (non-hydrogen) atoms. The van der Waals surface area contributed by atoms with Gasteiger partial charge in [-0.1, -0.05) is 48.5 Å². The van der Waals surface area contributed by atoms with Crippen LogP contribution in [0.2, 0.25) is 0 Å². The fourth-order valence-electron chi connectivity index (χ4n) is 3.72. The number of nitrogens with zero attached hydrogens (tertiary/aromatic N) is 3. The molecule has 5 heteroatoms. The van der Waals surface area contributed by atoms with E-state index in [1.54, 1.807) is 10.7 Å². The molecule has 0 aliphatic heterocycles. The van der Waals surface area contributed by atoms with Crippen molar-refractivity contribution in [3.05, 3.63) is 108 Å². The van der Waals surface area contributed by atoms with Crippen molar-refractivity contribution in [2.24, 2.45) is 0 Å². The maximum absolute atomic E-state index is 12.8. The second kappa shape index (κ2) is 7.61. The first-order chi connectivity index (χ1) is 15.1. The standard InChI is InChI=1S/C26H22N4O/c1-18-7-6-10-23(19(18)2)27-26(31)24-15-16-30(28-24)25-14-13-22-12-11-21(17-29(22)25)20-8-4-3-5-9-20/h3-17H,1-2H3,(H,27,31). The van der Waals surface area contributed by atoms with Crippen LogP contribution in [0.15, 0.2) is 91.3 Å². The Morgan fingerprint density at radius 2 is 1.65 bits per heavy atom. The molecule has 0 saturated heterocycles. The molecule has 0 fully saturated rings. The van der Waals surface area contributed by atoms with Crippen molar-refractivity contribution in [2.45, 2.75) is 13.8 Å². The fourth-order valence-corrected chi connectivity index (χ4v) is 3.72. The Balaban J connectivity index is 1.46. The van der Waals surface area contributed by atoms with Gasteiger partial charge in [0.15, 0.2) is 5.69 Å². The van der Waals surface area contributed by atoms with Gasteiger partial charge < -0.3 is 9.72 Å². The smallest absolute Gasteiger partial charge is 0.276 e. The highest BCUT2D eigenvalue weighted by Crippen LogP contribution is 2.23. The molecule has 0 unspecified atom stereocenters. The van der Waals surface area contributed by atoms with Crippen LogP contribution in [0.1, 0.15) is 21.6 Å². The van der Waals surface area contributed by atoms with Crippen molar-refractivity contribution in [3.8, 4) is 16.9 Å². The molecule has 2 aromatic carbocycles. The molecule has 1 N–H and O–H groups in total. The van der Waals surface area contributed by atoms with Crippen LogP contribution in [0.25, 0.3) is 22.5 Å². The summed E-state index contributed by atoms with van der Waals surface area (Å²) in [5.41, 5.74) is 6.70. The first-order valence-electron chi connectivity index (χ1n) is 10.2. The summed E-state index contributed by atoms with van der Waals surface area (Å²) in [6, 6.07) is 26.1. The van der Waals surface area contributed by atoms with Gasteiger partial charge >= 0.3 is 0 Å². The van der Waals surface area contributed by atoms with E-state index >= 15 is 0 Å². The predicted octanol–water partition coefficient (Wildman–Crippen LogP) is 5.66. The van der Waals surface area contributed by atoms with E-state index in [2.05, 4.69) is 45.3 Å². The molecule has 5 nitrogen and oxygen atoms in total. The topological polar surface area (TPSA) is 51.3 Å². The van der Waals surface area contributed by atoms with E-state index < -0.39 is 0 Å². The number of anilines is 1. The van der Waals surface area contributed by atoms with E-state index in [4.69, 9.17) is 0 Å².